The Balaban J connectivity index is 1.77. The molecule has 1 aromatic heterocycles. The lowest BCUT2D eigenvalue weighted by atomic mass is 9.76. The Hall–Kier alpha value is -2.30. The second-order valence-electron chi connectivity index (χ2n) is 7.47. The molecule has 0 bridgehead atoms. The Kier molecular flexibility index (Phi) is 4.35. The largest absolute Gasteiger partial charge is 0.481 e. The molecule has 1 aliphatic carbocycles. The van der Waals surface area contributed by atoms with Crippen molar-refractivity contribution in [2.45, 2.75) is 46.1 Å². The first-order valence-electron chi connectivity index (χ1n) is 8.32. The maximum absolute atomic E-state index is 10.9. The fourth-order valence-electron chi connectivity index (χ4n) is 3.32. The van der Waals surface area contributed by atoms with Crippen LogP contribution >= 0.6 is 0 Å². The topological polar surface area (TPSA) is 66.6 Å². The number of carboxylic acids is 1. The van der Waals surface area contributed by atoms with Crippen LogP contribution in [0.5, 0.6) is 0 Å². The summed E-state index contributed by atoms with van der Waals surface area (Å²) in [4.78, 5) is 13.0. The second-order valence-corrected chi connectivity index (χ2v) is 7.47. The molecule has 0 radical (unpaired) electrons. The second kappa shape index (κ2) is 6.30. The van der Waals surface area contributed by atoms with Crippen molar-refractivity contribution in [2.75, 3.05) is 11.9 Å². The van der Waals surface area contributed by atoms with Gasteiger partial charge in [-0.05, 0) is 36.0 Å². The highest BCUT2D eigenvalue weighted by Crippen LogP contribution is 2.36. The molecule has 0 aliphatic heterocycles. The van der Waals surface area contributed by atoms with Crippen LogP contribution in [0.25, 0.3) is 0 Å². The summed E-state index contributed by atoms with van der Waals surface area (Å²) in [5.74, 6) is 0.208. The lowest BCUT2D eigenvalue weighted by Crippen LogP contribution is -2.24. The predicted octanol–water partition coefficient (Wildman–Crippen LogP) is 3.45. The molecule has 0 amide bonds. The fraction of sp³-hybridized carbons (Fsp3) is 0.474. The normalized spacial score (nSPS) is 15.8. The van der Waals surface area contributed by atoms with Crippen LogP contribution in [0, 0.1) is 5.41 Å². The van der Waals surface area contributed by atoms with Crippen LogP contribution in [0.1, 0.15) is 42.8 Å². The van der Waals surface area contributed by atoms with E-state index in [4.69, 9.17) is 9.63 Å². The molecular weight excluding hydrogens is 304 g/mol. The van der Waals surface area contributed by atoms with Crippen LogP contribution in [0.15, 0.2) is 28.8 Å². The third-order valence-corrected chi connectivity index (χ3v) is 4.73. The molecule has 0 unspecified atom stereocenters. The number of aryl methyl sites for hydroxylation is 1. The van der Waals surface area contributed by atoms with Gasteiger partial charge in [0.25, 0.3) is 0 Å². The summed E-state index contributed by atoms with van der Waals surface area (Å²) >= 11 is 0. The number of nitrogens with zero attached hydrogens (tertiary/aromatic N) is 2. The summed E-state index contributed by atoms with van der Waals surface area (Å²) in [6, 6.07) is 7.64. The van der Waals surface area contributed by atoms with E-state index in [9.17, 15) is 4.79 Å². The van der Waals surface area contributed by atoms with E-state index in [1.165, 1.54) is 5.56 Å². The van der Waals surface area contributed by atoms with Crippen molar-refractivity contribution in [1.82, 2.24) is 5.16 Å². The average Bonchev–Trinajstić information content (AvgIpc) is 2.88. The molecule has 1 heterocycles. The van der Waals surface area contributed by atoms with E-state index in [1.807, 2.05) is 31.3 Å². The van der Waals surface area contributed by atoms with E-state index in [0.717, 1.165) is 42.0 Å². The molecule has 2 aromatic rings. The Morgan fingerprint density at radius 2 is 2.21 bits per heavy atom. The first kappa shape index (κ1) is 16.6. The molecule has 0 saturated heterocycles. The molecule has 3 rings (SSSR count). The minimum Gasteiger partial charge on any atom is -0.481 e. The first-order chi connectivity index (χ1) is 11.3. The van der Waals surface area contributed by atoms with Gasteiger partial charge in [-0.2, -0.15) is 0 Å². The van der Waals surface area contributed by atoms with Crippen LogP contribution in [-0.2, 0) is 30.6 Å². The van der Waals surface area contributed by atoms with E-state index in [1.54, 1.807) is 0 Å². The van der Waals surface area contributed by atoms with Crippen LogP contribution < -0.4 is 4.90 Å². The molecular formula is C19H24N2O3. The van der Waals surface area contributed by atoms with E-state index in [2.05, 4.69) is 23.9 Å². The Morgan fingerprint density at radius 3 is 2.96 bits per heavy atom. The lowest BCUT2D eigenvalue weighted by Gasteiger charge is -2.29. The smallest absolute Gasteiger partial charge is 0.307 e. The highest BCUT2D eigenvalue weighted by atomic mass is 16.5. The molecule has 0 spiro atoms. The molecule has 1 aromatic carbocycles. The predicted molar refractivity (Wildman–Crippen MR) is 92.2 cm³/mol. The quantitative estimate of drug-likeness (QED) is 0.910. The summed E-state index contributed by atoms with van der Waals surface area (Å²) in [5, 5.41) is 13.2. The van der Waals surface area contributed by atoms with Gasteiger partial charge in [0.2, 0.25) is 0 Å². The summed E-state index contributed by atoms with van der Waals surface area (Å²) in [5.41, 5.74) is 4.31. The Morgan fingerprint density at radius 1 is 1.42 bits per heavy atom. The minimum atomic E-state index is -0.817. The molecule has 0 fully saturated rings. The zero-order valence-electron chi connectivity index (χ0n) is 14.5. The van der Waals surface area contributed by atoms with Crippen molar-refractivity contribution in [3.05, 3.63) is 46.8 Å². The standard InChI is InChI=1S/C19H24N2O3/c1-19(2)8-7-17-15(11-19)16(20-24-17)12-21(3)14-6-4-5-13(9-14)10-18(22)23/h4-6,9H,7-8,10-12H2,1-3H3,(H,22,23). The van der Waals surface area contributed by atoms with Gasteiger partial charge in [-0.1, -0.05) is 31.1 Å². The summed E-state index contributed by atoms with van der Waals surface area (Å²) in [6.45, 7) is 5.23. The van der Waals surface area contributed by atoms with Crippen molar-refractivity contribution >= 4 is 11.7 Å². The fourth-order valence-corrected chi connectivity index (χ4v) is 3.32. The third-order valence-electron chi connectivity index (χ3n) is 4.73. The first-order valence-corrected chi connectivity index (χ1v) is 8.32. The van der Waals surface area contributed by atoms with Gasteiger partial charge in [0.1, 0.15) is 11.5 Å². The molecule has 1 N–H and O–H groups in total. The molecule has 1 aliphatic rings. The number of hydrogen-bond donors (Lipinski definition) is 1. The van der Waals surface area contributed by atoms with Gasteiger partial charge >= 0.3 is 5.97 Å². The minimum absolute atomic E-state index is 0.0369. The van der Waals surface area contributed by atoms with Crippen LogP contribution in [0.3, 0.4) is 0 Å². The van der Waals surface area contributed by atoms with Crippen molar-refractivity contribution < 1.29 is 14.4 Å². The lowest BCUT2D eigenvalue weighted by molar-refractivity contribution is -0.136. The van der Waals surface area contributed by atoms with Gasteiger partial charge < -0.3 is 14.5 Å². The van der Waals surface area contributed by atoms with Crippen molar-refractivity contribution in [1.29, 1.82) is 0 Å². The van der Waals surface area contributed by atoms with Crippen molar-refractivity contribution in [3.63, 3.8) is 0 Å². The van der Waals surface area contributed by atoms with E-state index in [-0.39, 0.29) is 11.8 Å². The van der Waals surface area contributed by atoms with Gasteiger partial charge in [0.15, 0.2) is 0 Å². The number of rotatable bonds is 5. The zero-order chi connectivity index (χ0) is 17.3. The van der Waals surface area contributed by atoms with Gasteiger partial charge in [0.05, 0.1) is 13.0 Å². The van der Waals surface area contributed by atoms with E-state index < -0.39 is 5.97 Å². The van der Waals surface area contributed by atoms with Crippen molar-refractivity contribution in [3.8, 4) is 0 Å². The Labute approximate surface area is 142 Å². The number of aliphatic carboxylic acids is 1. The number of aromatic nitrogens is 1. The molecule has 0 atom stereocenters. The summed E-state index contributed by atoms with van der Waals surface area (Å²) in [7, 11) is 1.99. The molecule has 128 valence electrons. The molecule has 5 heteroatoms. The summed E-state index contributed by atoms with van der Waals surface area (Å²) in [6.07, 6.45) is 3.11. The third kappa shape index (κ3) is 3.61. The van der Waals surface area contributed by atoms with Gasteiger partial charge in [0, 0.05) is 24.7 Å². The number of fused-ring (bicyclic) bond motifs is 1. The molecule has 5 nitrogen and oxygen atoms in total. The number of carboxylic acid groups (broad SMARTS) is 1. The number of anilines is 1. The highest BCUT2D eigenvalue weighted by Gasteiger charge is 2.30. The number of carbonyl (C=O) groups is 1. The SMILES string of the molecule is CN(Cc1noc2c1CC(C)(C)CC2)c1cccc(CC(=O)O)c1. The van der Waals surface area contributed by atoms with Gasteiger partial charge in [-0.3, -0.25) is 4.79 Å². The maximum atomic E-state index is 10.9. The van der Waals surface area contributed by atoms with Crippen LogP contribution in [0.2, 0.25) is 0 Å². The van der Waals surface area contributed by atoms with E-state index >= 15 is 0 Å². The molecule has 0 saturated carbocycles. The van der Waals surface area contributed by atoms with Gasteiger partial charge in [-0.15, -0.1) is 0 Å². The van der Waals surface area contributed by atoms with Crippen molar-refractivity contribution in [2.24, 2.45) is 5.41 Å². The van der Waals surface area contributed by atoms with Crippen LogP contribution in [0.4, 0.5) is 5.69 Å². The monoisotopic (exact) mass is 328 g/mol. The van der Waals surface area contributed by atoms with Gasteiger partial charge in [-0.25, -0.2) is 0 Å². The van der Waals surface area contributed by atoms with E-state index in [0.29, 0.717) is 6.54 Å². The highest BCUT2D eigenvalue weighted by molar-refractivity contribution is 5.70. The van der Waals surface area contributed by atoms with Crippen LogP contribution in [-0.4, -0.2) is 23.3 Å². The maximum Gasteiger partial charge on any atom is 0.307 e. The molecule has 24 heavy (non-hydrogen) atoms. The summed E-state index contributed by atoms with van der Waals surface area (Å²) < 4.78 is 5.54. The zero-order valence-corrected chi connectivity index (χ0v) is 14.5. The number of benzene rings is 1. The number of hydrogen-bond acceptors (Lipinski definition) is 4. The average molecular weight is 328 g/mol. The Bertz CT molecular complexity index is 749.